The van der Waals surface area contributed by atoms with Crippen molar-refractivity contribution in [2.24, 2.45) is 4.99 Å². The van der Waals surface area contributed by atoms with Gasteiger partial charge in [-0.25, -0.2) is 14.2 Å². The molecule has 0 atom stereocenters. The molecule has 0 aliphatic rings. The monoisotopic (exact) mass is 463 g/mol. The molecule has 0 saturated carbocycles. The Bertz CT molecular complexity index is 1040. The summed E-state index contributed by atoms with van der Waals surface area (Å²) in [5, 5.41) is 18.4. The van der Waals surface area contributed by atoms with E-state index in [-0.39, 0.29) is 21.7 Å². The van der Waals surface area contributed by atoms with Crippen molar-refractivity contribution >= 4 is 44.9 Å². The van der Waals surface area contributed by atoms with Crippen molar-refractivity contribution in [2.45, 2.75) is 0 Å². The van der Waals surface area contributed by atoms with Crippen molar-refractivity contribution in [3.05, 3.63) is 64.7 Å². The molecule has 2 aromatic carbocycles. The summed E-state index contributed by atoms with van der Waals surface area (Å²) in [5.74, 6) is 0.0815. The number of aromatic nitrogens is 1. The number of amides is 2. The van der Waals surface area contributed by atoms with Crippen LogP contribution >= 0.6 is 15.9 Å². The summed E-state index contributed by atoms with van der Waals surface area (Å²) in [4.78, 5) is 16.4. The molecule has 0 aliphatic carbocycles. The molecule has 0 radical (unpaired) electrons. The van der Waals surface area contributed by atoms with Gasteiger partial charge in [-0.05, 0) is 58.4 Å². The highest BCUT2D eigenvalue weighted by atomic mass is 79.9. The smallest absolute Gasteiger partial charge is 0.323 e. The van der Waals surface area contributed by atoms with Gasteiger partial charge in [-0.15, -0.1) is 0 Å². The third-order valence-electron chi connectivity index (χ3n) is 3.64. The molecule has 2 amide bonds. The minimum absolute atomic E-state index is 0.0397. The van der Waals surface area contributed by atoms with E-state index in [0.717, 1.165) is 0 Å². The van der Waals surface area contributed by atoms with Crippen LogP contribution in [0.4, 0.5) is 26.2 Å². The molecular weight excluding hydrogens is 449 g/mol. The van der Waals surface area contributed by atoms with Gasteiger partial charge in [0.15, 0.2) is 11.5 Å². The molecule has 0 fully saturated rings. The van der Waals surface area contributed by atoms with Gasteiger partial charge < -0.3 is 19.9 Å². The number of aliphatic imine (C=N–C) groups is 1. The third-order valence-corrected chi connectivity index (χ3v) is 4.25. The molecule has 3 aromatic rings. The molecule has 4 N–H and O–H groups in total. The maximum atomic E-state index is 13.4. The highest BCUT2D eigenvalue weighted by Crippen LogP contribution is 2.24. The number of hydrogen-bond acceptors (Lipinski definition) is 6. The quantitative estimate of drug-likeness (QED) is 0.254. The molecule has 0 spiro atoms. The predicted molar refractivity (Wildman–Crippen MR) is 107 cm³/mol. The number of urea groups is 1. The lowest BCUT2D eigenvalue weighted by atomic mass is 10.3. The number of hydroxylamine groups is 1. The Kier molecular flexibility index (Phi) is 6.42. The first-order valence-electron chi connectivity index (χ1n) is 8.11. The summed E-state index contributed by atoms with van der Waals surface area (Å²) in [7, 11) is 1.54. The standard InChI is InChI=1S/C18H15BrFN5O4/c1-28-12-5-2-10(3-6-12)22-18(26)23-15-9-29-25-16(15)17(24-27)21-11-4-7-14(20)13(19)8-11/h2-9,27H,1H3,(H,21,24)(H2,22,23,26). The number of nitrogens with one attached hydrogen (secondary N) is 3. The van der Waals surface area contributed by atoms with Crippen LogP contribution in [0.2, 0.25) is 0 Å². The maximum Gasteiger partial charge on any atom is 0.323 e. The number of carbonyl (C=O) groups excluding carboxylic acids is 1. The van der Waals surface area contributed by atoms with Gasteiger partial charge in [-0.2, -0.15) is 0 Å². The Hall–Kier alpha value is -3.44. The Morgan fingerprint density at radius 2 is 2.00 bits per heavy atom. The van der Waals surface area contributed by atoms with E-state index in [4.69, 9.17) is 9.26 Å². The third kappa shape index (κ3) is 5.09. The number of carbonyl (C=O) groups is 1. The number of benzene rings is 2. The van der Waals surface area contributed by atoms with Crippen molar-refractivity contribution in [1.29, 1.82) is 0 Å². The molecule has 9 nitrogen and oxygen atoms in total. The van der Waals surface area contributed by atoms with Crippen molar-refractivity contribution in [3.63, 3.8) is 0 Å². The highest BCUT2D eigenvalue weighted by molar-refractivity contribution is 9.10. The van der Waals surface area contributed by atoms with E-state index < -0.39 is 11.8 Å². The van der Waals surface area contributed by atoms with Crippen molar-refractivity contribution in [3.8, 4) is 5.75 Å². The summed E-state index contributed by atoms with van der Waals surface area (Å²) >= 11 is 3.06. The van der Waals surface area contributed by atoms with E-state index in [1.54, 1.807) is 31.4 Å². The number of rotatable bonds is 5. The first-order valence-corrected chi connectivity index (χ1v) is 8.90. The summed E-state index contributed by atoms with van der Waals surface area (Å²) in [6.45, 7) is 0. The second kappa shape index (κ2) is 9.17. The van der Waals surface area contributed by atoms with Crippen LogP contribution in [0.3, 0.4) is 0 Å². The second-order valence-electron chi connectivity index (χ2n) is 5.56. The average molecular weight is 464 g/mol. The predicted octanol–water partition coefficient (Wildman–Crippen LogP) is 4.29. The maximum absolute atomic E-state index is 13.4. The van der Waals surface area contributed by atoms with Crippen LogP contribution < -0.4 is 20.9 Å². The first kappa shape index (κ1) is 20.3. The van der Waals surface area contributed by atoms with E-state index >= 15 is 0 Å². The number of amidine groups is 1. The Morgan fingerprint density at radius 3 is 2.66 bits per heavy atom. The molecule has 1 aromatic heterocycles. The van der Waals surface area contributed by atoms with Crippen LogP contribution in [0.5, 0.6) is 5.75 Å². The topological polar surface area (TPSA) is 121 Å². The van der Waals surface area contributed by atoms with Crippen LogP contribution in [-0.4, -0.2) is 29.3 Å². The van der Waals surface area contributed by atoms with Gasteiger partial charge in [0.25, 0.3) is 0 Å². The zero-order valence-corrected chi connectivity index (χ0v) is 16.5. The normalized spacial score (nSPS) is 11.1. The van der Waals surface area contributed by atoms with E-state index in [0.29, 0.717) is 17.1 Å². The zero-order valence-electron chi connectivity index (χ0n) is 14.9. The van der Waals surface area contributed by atoms with Gasteiger partial charge in [0.05, 0.1) is 17.3 Å². The first-order chi connectivity index (χ1) is 14.0. The number of anilines is 2. The van der Waals surface area contributed by atoms with Gasteiger partial charge in [0.1, 0.15) is 23.5 Å². The average Bonchev–Trinajstić information content (AvgIpc) is 3.17. The van der Waals surface area contributed by atoms with E-state index in [2.05, 4.69) is 36.7 Å². The molecule has 0 saturated heterocycles. The van der Waals surface area contributed by atoms with Crippen LogP contribution in [0.25, 0.3) is 0 Å². The summed E-state index contributed by atoms with van der Waals surface area (Å²) in [5.41, 5.74) is 2.95. The van der Waals surface area contributed by atoms with E-state index in [1.807, 2.05) is 5.48 Å². The largest absolute Gasteiger partial charge is 0.497 e. The Morgan fingerprint density at radius 1 is 1.24 bits per heavy atom. The minimum Gasteiger partial charge on any atom is -0.497 e. The summed E-state index contributed by atoms with van der Waals surface area (Å²) < 4.78 is 23.5. The molecule has 0 unspecified atom stereocenters. The molecule has 0 bridgehead atoms. The lowest BCUT2D eigenvalue weighted by molar-refractivity contribution is 0.234. The van der Waals surface area contributed by atoms with E-state index in [9.17, 15) is 14.4 Å². The van der Waals surface area contributed by atoms with Crippen molar-refractivity contribution < 1.29 is 23.7 Å². The van der Waals surface area contributed by atoms with E-state index in [1.165, 1.54) is 24.5 Å². The van der Waals surface area contributed by atoms with Crippen molar-refractivity contribution in [1.82, 2.24) is 10.6 Å². The highest BCUT2D eigenvalue weighted by Gasteiger charge is 2.17. The fourth-order valence-electron chi connectivity index (χ4n) is 2.27. The van der Waals surface area contributed by atoms with Crippen LogP contribution in [0.1, 0.15) is 5.69 Å². The Labute approximate surface area is 172 Å². The molecular formula is C18H15BrFN5O4. The van der Waals surface area contributed by atoms with Crippen LogP contribution in [-0.2, 0) is 0 Å². The molecule has 0 aliphatic heterocycles. The van der Waals surface area contributed by atoms with Gasteiger partial charge in [-0.1, -0.05) is 5.16 Å². The number of ether oxygens (including phenoxy) is 1. The fraction of sp³-hybridized carbons (Fsp3) is 0.0556. The number of nitrogens with zero attached hydrogens (tertiary/aromatic N) is 2. The molecule has 11 heteroatoms. The molecule has 1 heterocycles. The minimum atomic E-state index is -0.568. The van der Waals surface area contributed by atoms with Gasteiger partial charge in [0, 0.05) is 5.69 Å². The summed E-state index contributed by atoms with van der Waals surface area (Å²) in [6, 6.07) is 10.2. The number of halogens is 2. The SMILES string of the molecule is COc1ccc(NC(=O)Nc2conc2C(=Nc2ccc(F)c(Br)c2)NO)cc1. The lowest BCUT2D eigenvalue weighted by Gasteiger charge is -2.08. The molecule has 150 valence electrons. The second-order valence-corrected chi connectivity index (χ2v) is 6.41. The Balaban J connectivity index is 1.76. The van der Waals surface area contributed by atoms with Crippen LogP contribution in [0, 0.1) is 5.82 Å². The zero-order chi connectivity index (χ0) is 20.8. The molecule has 3 rings (SSSR count). The lowest BCUT2D eigenvalue weighted by Crippen LogP contribution is -2.24. The van der Waals surface area contributed by atoms with Gasteiger partial charge >= 0.3 is 6.03 Å². The molecule has 29 heavy (non-hydrogen) atoms. The van der Waals surface area contributed by atoms with Crippen LogP contribution in [0.15, 0.2) is 62.7 Å². The van der Waals surface area contributed by atoms with Gasteiger partial charge in [-0.3, -0.25) is 10.7 Å². The number of hydrogen-bond donors (Lipinski definition) is 4. The fourth-order valence-corrected chi connectivity index (χ4v) is 2.64. The number of methoxy groups -OCH3 is 1. The van der Waals surface area contributed by atoms with Crippen molar-refractivity contribution in [2.75, 3.05) is 17.7 Å². The summed E-state index contributed by atoms with van der Waals surface area (Å²) in [6.07, 6.45) is 1.18. The van der Waals surface area contributed by atoms with Gasteiger partial charge in [0.2, 0.25) is 0 Å².